The zero-order valence-electron chi connectivity index (χ0n) is 18.3. The number of ether oxygens (including phenoxy) is 1. The highest BCUT2D eigenvalue weighted by Crippen LogP contribution is 2.23. The Labute approximate surface area is 174 Å². The second-order valence-electron chi connectivity index (χ2n) is 8.97. The van der Waals surface area contributed by atoms with Crippen molar-refractivity contribution in [3.05, 3.63) is 29.6 Å². The van der Waals surface area contributed by atoms with Crippen LogP contribution in [0.5, 0.6) is 5.75 Å². The summed E-state index contributed by atoms with van der Waals surface area (Å²) in [6.07, 6.45) is 3.80. The van der Waals surface area contributed by atoms with Crippen LogP contribution in [0, 0.1) is 5.82 Å². The molecule has 1 aromatic rings. The summed E-state index contributed by atoms with van der Waals surface area (Å²) in [5.74, 6) is -0.339. The third-order valence-corrected chi connectivity index (χ3v) is 6.29. The summed E-state index contributed by atoms with van der Waals surface area (Å²) in [5.41, 5.74) is 0.0956. The van der Waals surface area contributed by atoms with Crippen molar-refractivity contribution < 1.29 is 13.9 Å². The second kappa shape index (κ2) is 9.90. The van der Waals surface area contributed by atoms with Gasteiger partial charge in [-0.05, 0) is 65.5 Å². The molecule has 0 saturated carbocycles. The molecule has 1 aromatic carbocycles. The van der Waals surface area contributed by atoms with Crippen LogP contribution in [0.2, 0.25) is 0 Å². The lowest BCUT2D eigenvalue weighted by Gasteiger charge is -2.35. The van der Waals surface area contributed by atoms with E-state index in [0.29, 0.717) is 17.8 Å². The second-order valence-corrected chi connectivity index (χ2v) is 8.97. The van der Waals surface area contributed by atoms with E-state index >= 15 is 0 Å². The van der Waals surface area contributed by atoms with Gasteiger partial charge in [0.05, 0.1) is 5.56 Å². The van der Waals surface area contributed by atoms with E-state index in [-0.39, 0.29) is 23.6 Å². The number of carbonyl (C=O) groups is 1. The van der Waals surface area contributed by atoms with E-state index in [1.807, 2.05) is 0 Å². The van der Waals surface area contributed by atoms with Crippen molar-refractivity contribution in [2.24, 2.45) is 0 Å². The van der Waals surface area contributed by atoms with Crippen LogP contribution in [0.3, 0.4) is 0 Å². The molecule has 2 heterocycles. The number of likely N-dealkylation sites (tertiary alicyclic amines) is 2. The van der Waals surface area contributed by atoms with E-state index in [1.165, 1.54) is 6.07 Å². The highest BCUT2D eigenvalue weighted by atomic mass is 19.1. The Hall–Kier alpha value is -1.66. The lowest BCUT2D eigenvalue weighted by molar-refractivity contribution is 0.0840. The van der Waals surface area contributed by atoms with Crippen LogP contribution in [-0.2, 0) is 0 Å². The van der Waals surface area contributed by atoms with Crippen LogP contribution in [0.1, 0.15) is 63.7 Å². The molecule has 2 fully saturated rings. The third kappa shape index (κ3) is 5.92. The lowest BCUT2D eigenvalue weighted by Crippen LogP contribution is -2.46. The van der Waals surface area contributed by atoms with Crippen LogP contribution in [0.4, 0.5) is 4.39 Å². The average Bonchev–Trinajstić information content (AvgIpc) is 2.69. The first-order valence-corrected chi connectivity index (χ1v) is 11.1. The molecule has 2 aliphatic heterocycles. The Kier molecular flexibility index (Phi) is 7.52. The summed E-state index contributed by atoms with van der Waals surface area (Å²) in [6.45, 7) is 12.7. The van der Waals surface area contributed by atoms with E-state index in [4.69, 9.17) is 4.74 Å². The molecule has 0 radical (unpaired) electrons. The Morgan fingerprint density at radius 3 is 2.07 bits per heavy atom. The number of benzene rings is 1. The molecular weight excluding hydrogens is 369 g/mol. The number of piperidine rings is 2. The quantitative estimate of drug-likeness (QED) is 0.784. The van der Waals surface area contributed by atoms with Gasteiger partial charge in [-0.15, -0.1) is 0 Å². The molecule has 1 N–H and O–H groups in total. The fourth-order valence-electron chi connectivity index (χ4n) is 4.28. The molecule has 0 bridgehead atoms. The summed E-state index contributed by atoms with van der Waals surface area (Å²) >= 11 is 0. The minimum Gasteiger partial charge on any atom is -0.490 e. The van der Waals surface area contributed by atoms with Gasteiger partial charge in [0, 0.05) is 50.4 Å². The van der Waals surface area contributed by atoms with E-state index in [2.05, 4.69) is 42.8 Å². The number of carbonyl (C=O) groups excluding carboxylic acids is 1. The number of nitrogens with one attached hydrogen (secondary N) is 1. The zero-order chi connectivity index (χ0) is 21.0. The van der Waals surface area contributed by atoms with E-state index in [0.717, 1.165) is 51.9 Å². The van der Waals surface area contributed by atoms with Gasteiger partial charge >= 0.3 is 0 Å². The van der Waals surface area contributed by atoms with Crippen LogP contribution in [-0.4, -0.2) is 66.1 Å². The number of rotatable bonds is 6. The SMILES string of the molecule is CC(C)N1CCC(NC(=O)c2ccc(OC3CCN(C(C)C)CC3)cc2F)CC1. The molecular formula is C23H36FN3O2. The maximum atomic E-state index is 14.6. The maximum absolute atomic E-state index is 14.6. The van der Waals surface area contributed by atoms with Crippen molar-refractivity contribution in [2.45, 2.75) is 77.6 Å². The Morgan fingerprint density at radius 1 is 1.00 bits per heavy atom. The Balaban J connectivity index is 1.51. The topological polar surface area (TPSA) is 44.8 Å². The predicted octanol–water partition coefficient (Wildman–Crippen LogP) is 3.68. The first-order chi connectivity index (χ1) is 13.8. The number of hydrogen-bond donors (Lipinski definition) is 1. The van der Waals surface area contributed by atoms with Crippen molar-refractivity contribution in [3.63, 3.8) is 0 Å². The summed E-state index contributed by atoms with van der Waals surface area (Å²) in [5, 5.41) is 3.00. The summed E-state index contributed by atoms with van der Waals surface area (Å²) in [7, 11) is 0. The first-order valence-electron chi connectivity index (χ1n) is 11.1. The molecule has 0 unspecified atom stereocenters. The van der Waals surface area contributed by atoms with Crippen molar-refractivity contribution in [1.82, 2.24) is 15.1 Å². The lowest BCUT2D eigenvalue weighted by atomic mass is 10.0. The highest BCUT2D eigenvalue weighted by Gasteiger charge is 2.25. The fraction of sp³-hybridized carbons (Fsp3) is 0.696. The van der Waals surface area contributed by atoms with Gasteiger partial charge < -0.3 is 19.9 Å². The van der Waals surface area contributed by atoms with Gasteiger partial charge in [-0.1, -0.05) is 0 Å². The van der Waals surface area contributed by atoms with Crippen LogP contribution < -0.4 is 10.1 Å². The molecule has 0 atom stereocenters. The largest absolute Gasteiger partial charge is 0.490 e. The van der Waals surface area contributed by atoms with Crippen LogP contribution in [0.25, 0.3) is 0 Å². The fourth-order valence-corrected chi connectivity index (χ4v) is 4.28. The minimum atomic E-state index is -0.515. The minimum absolute atomic E-state index is 0.0956. The average molecular weight is 406 g/mol. The van der Waals surface area contributed by atoms with Gasteiger partial charge in [0.25, 0.3) is 5.91 Å². The number of nitrogens with zero attached hydrogens (tertiary/aromatic N) is 2. The van der Waals surface area contributed by atoms with E-state index < -0.39 is 5.82 Å². The molecule has 2 aliphatic rings. The molecule has 162 valence electrons. The van der Waals surface area contributed by atoms with Crippen molar-refractivity contribution in [3.8, 4) is 5.75 Å². The van der Waals surface area contributed by atoms with E-state index in [9.17, 15) is 9.18 Å². The summed E-state index contributed by atoms with van der Waals surface area (Å²) < 4.78 is 20.6. The molecule has 5 nitrogen and oxygen atoms in total. The Morgan fingerprint density at radius 2 is 1.55 bits per heavy atom. The third-order valence-electron chi connectivity index (χ3n) is 6.29. The van der Waals surface area contributed by atoms with Gasteiger partial charge in [-0.3, -0.25) is 4.79 Å². The number of hydrogen-bond acceptors (Lipinski definition) is 4. The van der Waals surface area contributed by atoms with Gasteiger partial charge in [-0.2, -0.15) is 0 Å². The standard InChI is InChI=1S/C23H36FN3O2/c1-16(2)26-11-7-18(8-12-26)25-23(28)21-6-5-20(15-22(21)24)29-19-9-13-27(14-10-19)17(3)4/h5-6,15-19H,7-14H2,1-4H3,(H,25,28). The monoisotopic (exact) mass is 405 g/mol. The molecule has 6 heteroatoms. The molecule has 2 saturated heterocycles. The van der Waals surface area contributed by atoms with Gasteiger partial charge in [0.15, 0.2) is 0 Å². The maximum Gasteiger partial charge on any atom is 0.254 e. The molecule has 1 amide bonds. The molecule has 0 aromatic heterocycles. The van der Waals surface area contributed by atoms with Crippen LogP contribution >= 0.6 is 0 Å². The molecule has 0 aliphatic carbocycles. The number of amides is 1. The van der Waals surface area contributed by atoms with Crippen LogP contribution in [0.15, 0.2) is 18.2 Å². The predicted molar refractivity (Wildman–Crippen MR) is 114 cm³/mol. The highest BCUT2D eigenvalue weighted by molar-refractivity contribution is 5.94. The van der Waals surface area contributed by atoms with Crippen molar-refractivity contribution >= 4 is 5.91 Å². The Bertz CT molecular complexity index is 679. The summed E-state index contributed by atoms with van der Waals surface area (Å²) in [6, 6.07) is 5.79. The van der Waals surface area contributed by atoms with Gasteiger partial charge in [0.1, 0.15) is 17.7 Å². The van der Waals surface area contributed by atoms with Gasteiger partial charge in [-0.25, -0.2) is 4.39 Å². The normalized spacial score (nSPS) is 20.4. The molecule has 0 spiro atoms. The number of halogens is 1. The zero-order valence-corrected chi connectivity index (χ0v) is 18.3. The smallest absolute Gasteiger partial charge is 0.254 e. The molecule has 3 rings (SSSR count). The molecule has 29 heavy (non-hydrogen) atoms. The summed E-state index contributed by atoms with van der Waals surface area (Å²) in [4.78, 5) is 17.4. The van der Waals surface area contributed by atoms with Crippen molar-refractivity contribution in [2.75, 3.05) is 26.2 Å². The van der Waals surface area contributed by atoms with E-state index in [1.54, 1.807) is 12.1 Å². The van der Waals surface area contributed by atoms with Crippen molar-refractivity contribution in [1.29, 1.82) is 0 Å². The first kappa shape index (κ1) is 22.0. The van der Waals surface area contributed by atoms with Gasteiger partial charge in [0.2, 0.25) is 0 Å².